The second-order valence-electron chi connectivity index (χ2n) is 6.61. The van der Waals surface area contributed by atoms with Crippen molar-refractivity contribution in [1.29, 1.82) is 0 Å². The Labute approximate surface area is 169 Å². The lowest BCUT2D eigenvalue weighted by molar-refractivity contribution is -0.384. The van der Waals surface area contributed by atoms with Gasteiger partial charge < -0.3 is 9.72 Å². The molecular formula is C21H17N3O4S. The molecule has 0 bridgehead atoms. The van der Waals surface area contributed by atoms with E-state index >= 15 is 0 Å². The molecule has 8 heteroatoms. The molecule has 4 aromatic rings. The minimum absolute atomic E-state index is 0.0488. The van der Waals surface area contributed by atoms with E-state index in [1.165, 1.54) is 23.5 Å². The quantitative estimate of drug-likeness (QED) is 0.380. The summed E-state index contributed by atoms with van der Waals surface area (Å²) >= 11 is 1.52. The second kappa shape index (κ2) is 7.48. The van der Waals surface area contributed by atoms with Crippen molar-refractivity contribution in [2.45, 2.75) is 20.5 Å². The van der Waals surface area contributed by atoms with E-state index in [1.807, 2.05) is 26.0 Å². The monoisotopic (exact) mass is 407 g/mol. The van der Waals surface area contributed by atoms with Crippen LogP contribution >= 0.6 is 11.3 Å². The van der Waals surface area contributed by atoms with Crippen LogP contribution in [0.1, 0.15) is 16.0 Å². The van der Waals surface area contributed by atoms with Gasteiger partial charge in [-0.15, -0.1) is 11.3 Å². The molecule has 0 aliphatic heterocycles. The average molecular weight is 407 g/mol. The Balaban J connectivity index is 1.51. The highest BCUT2D eigenvalue weighted by Gasteiger charge is 2.13. The number of benzene rings is 2. The van der Waals surface area contributed by atoms with Gasteiger partial charge in [0.15, 0.2) is 0 Å². The van der Waals surface area contributed by atoms with Gasteiger partial charge in [0.25, 0.3) is 11.2 Å². The zero-order valence-electron chi connectivity index (χ0n) is 15.8. The Hall–Kier alpha value is -3.52. The van der Waals surface area contributed by atoms with Gasteiger partial charge in [-0.3, -0.25) is 14.9 Å². The van der Waals surface area contributed by atoms with Gasteiger partial charge in [-0.2, -0.15) is 0 Å². The number of nitro groups is 1. The highest BCUT2D eigenvalue weighted by Crippen LogP contribution is 2.28. The van der Waals surface area contributed by atoms with Crippen LogP contribution in [-0.2, 0) is 6.61 Å². The maximum atomic E-state index is 12.4. The van der Waals surface area contributed by atoms with E-state index in [2.05, 4.69) is 9.97 Å². The topological polar surface area (TPSA) is 98.1 Å². The minimum Gasteiger partial charge on any atom is -0.489 e. The number of H-pyrrole nitrogens is 1. The van der Waals surface area contributed by atoms with Gasteiger partial charge in [-0.1, -0.05) is 0 Å². The minimum atomic E-state index is -0.433. The number of nitrogens with zero attached hydrogens (tertiary/aromatic N) is 2. The maximum Gasteiger partial charge on any atom is 0.269 e. The smallest absolute Gasteiger partial charge is 0.269 e. The van der Waals surface area contributed by atoms with Crippen molar-refractivity contribution < 1.29 is 9.66 Å². The lowest BCUT2D eigenvalue weighted by atomic mass is 10.2. The van der Waals surface area contributed by atoms with Gasteiger partial charge in [-0.05, 0) is 61.4 Å². The predicted molar refractivity (Wildman–Crippen MR) is 113 cm³/mol. The van der Waals surface area contributed by atoms with Crippen LogP contribution in [0.4, 0.5) is 5.69 Å². The predicted octanol–water partition coefficient (Wildman–Crippen LogP) is 4.76. The van der Waals surface area contributed by atoms with Gasteiger partial charge in [0, 0.05) is 22.6 Å². The Kier molecular flexibility index (Phi) is 4.85. The molecule has 1 N–H and O–H groups in total. The number of fused-ring (bicyclic) bond motifs is 1. The molecule has 0 radical (unpaired) electrons. The summed E-state index contributed by atoms with van der Waals surface area (Å²) in [5.74, 6) is 1.17. The number of nitrogens with one attached hydrogen (secondary N) is 1. The molecule has 0 fully saturated rings. The standard InChI is InChI=1S/C21H17N3O4S/c1-12-13(2)29-21-18(12)20(25)22-19(23-21)15-5-9-17(10-6-15)28-11-14-3-7-16(8-4-14)24(26)27/h3-10H,11H2,1-2H3,(H,22,23,25). The molecule has 0 amide bonds. The third kappa shape index (κ3) is 3.74. The molecule has 2 heterocycles. The summed E-state index contributed by atoms with van der Waals surface area (Å²) in [5.41, 5.74) is 2.51. The summed E-state index contributed by atoms with van der Waals surface area (Å²) in [6.07, 6.45) is 0. The van der Waals surface area contributed by atoms with Crippen LogP contribution in [0.25, 0.3) is 21.6 Å². The van der Waals surface area contributed by atoms with Crippen molar-refractivity contribution in [1.82, 2.24) is 9.97 Å². The van der Waals surface area contributed by atoms with Crippen LogP contribution in [0.15, 0.2) is 53.3 Å². The molecule has 0 atom stereocenters. The van der Waals surface area contributed by atoms with Gasteiger partial charge >= 0.3 is 0 Å². The molecule has 0 aliphatic carbocycles. The van der Waals surface area contributed by atoms with Crippen LogP contribution in [0.3, 0.4) is 0 Å². The van der Waals surface area contributed by atoms with Crippen LogP contribution in [0.5, 0.6) is 5.75 Å². The highest BCUT2D eigenvalue weighted by molar-refractivity contribution is 7.18. The molecule has 29 heavy (non-hydrogen) atoms. The Morgan fingerprint density at radius 3 is 2.45 bits per heavy atom. The normalized spacial score (nSPS) is 11.0. The molecule has 0 unspecified atom stereocenters. The first-order valence-corrected chi connectivity index (χ1v) is 9.70. The molecule has 0 saturated heterocycles. The van der Waals surface area contributed by atoms with Gasteiger partial charge in [0.1, 0.15) is 23.0 Å². The molecule has 7 nitrogen and oxygen atoms in total. The number of non-ortho nitro benzene ring substituents is 1. The lowest BCUT2D eigenvalue weighted by Gasteiger charge is -2.07. The molecular weight excluding hydrogens is 390 g/mol. The number of rotatable bonds is 5. The number of ether oxygens (including phenoxy) is 1. The van der Waals surface area contributed by atoms with Crippen molar-refractivity contribution >= 4 is 27.2 Å². The summed E-state index contributed by atoms with van der Waals surface area (Å²) in [4.78, 5) is 32.0. The van der Waals surface area contributed by atoms with Crippen molar-refractivity contribution in [3.63, 3.8) is 0 Å². The van der Waals surface area contributed by atoms with E-state index in [1.54, 1.807) is 24.3 Å². The first-order valence-electron chi connectivity index (χ1n) is 8.89. The third-order valence-electron chi connectivity index (χ3n) is 4.72. The first kappa shape index (κ1) is 18.8. The number of aromatic amines is 1. The van der Waals surface area contributed by atoms with Crippen molar-refractivity contribution in [2.75, 3.05) is 0 Å². The number of thiophene rings is 1. The zero-order valence-corrected chi connectivity index (χ0v) is 16.6. The Morgan fingerprint density at radius 2 is 1.79 bits per heavy atom. The number of aryl methyl sites for hydroxylation is 2. The number of hydrogen-bond acceptors (Lipinski definition) is 6. The highest BCUT2D eigenvalue weighted by atomic mass is 32.1. The van der Waals surface area contributed by atoms with Crippen LogP contribution in [0.2, 0.25) is 0 Å². The average Bonchev–Trinajstić information content (AvgIpc) is 3.01. The molecule has 146 valence electrons. The molecule has 0 aliphatic rings. The fourth-order valence-corrected chi connectivity index (χ4v) is 4.01. The molecule has 0 spiro atoms. The first-order chi connectivity index (χ1) is 13.9. The number of aromatic nitrogens is 2. The van der Waals surface area contributed by atoms with Crippen molar-refractivity contribution in [2.24, 2.45) is 0 Å². The zero-order chi connectivity index (χ0) is 20.5. The van der Waals surface area contributed by atoms with Crippen molar-refractivity contribution in [3.05, 3.63) is 85.0 Å². The SMILES string of the molecule is Cc1sc2nc(-c3ccc(OCc4ccc([N+](=O)[O-])cc4)cc3)[nH]c(=O)c2c1C. The molecule has 2 aromatic heterocycles. The maximum absolute atomic E-state index is 12.4. The van der Waals surface area contributed by atoms with E-state index < -0.39 is 4.92 Å². The van der Waals surface area contributed by atoms with Gasteiger partial charge in [0.2, 0.25) is 0 Å². The van der Waals surface area contributed by atoms with E-state index in [0.717, 1.165) is 26.4 Å². The van der Waals surface area contributed by atoms with E-state index in [9.17, 15) is 14.9 Å². The fourth-order valence-electron chi connectivity index (χ4n) is 2.98. The van der Waals surface area contributed by atoms with Crippen LogP contribution in [0, 0.1) is 24.0 Å². The third-order valence-corrected chi connectivity index (χ3v) is 5.82. The summed E-state index contributed by atoms with van der Waals surface area (Å²) in [6.45, 7) is 4.21. The summed E-state index contributed by atoms with van der Waals surface area (Å²) in [5, 5.41) is 11.4. The summed E-state index contributed by atoms with van der Waals surface area (Å²) < 4.78 is 5.74. The van der Waals surface area contributed by atoms with Crippen molar-refractivity contribution in [3.8, 4) is 17.1 Å². The van der Waals surface area contributed by atoms with Crippen LogP contribution in [-0.4, -0.2) is 14.9 Å². The van der Waals surface area contributed by atoms with E-state index in [4.69, 9.17) is 4.74 Å². The second-order valence-corrected chi connectivity index (χ2v) is 7.82. The van der Waals surface area contributed by atoms with E-state index in [-0.39, 0.29) is 11.2 Å². The molecule has 2 aromatic carbocycles. The summed E-state index contributed by atoms with van der Waals surface area (Å²) in [6, 6.07) is 13.5. The van der Waals surface area contributed by atoms with Gasteiger partial charge in [-0.25, -0.2) is 4.98 Å². The largest absolute Gasteiger partial charge is 0.489 e. The van der Waals surface area contributed by atoms with Crippen LogP contribution < -0.4 is 10.3 Å². The molecule has 0 saturated carbocycles. The number of nitro benzene ring substituents is 1. The summed E-state index contributed by atoms with van der Waals surface area (Å²) in [7, 11) is 0. The lowest BCUT2D eigenvalue weighted by Crippen LogP contribution is -2.09. The van der Waals surface area contributed by atoms with Gasteiger partial charge in [0.05, 0.1) is 10.3 Å². The number of hydrogen-bond donors (Lipinski definition) is 1. The van der Waals surface area contributed by atoms with E-state index in [0.29, 0.717) is 23.6 Å². The molecule has 4 rings (SSSR count). The fraction of sp³-hybridized carbons (Fsp3) is 0.143. The Morgan fingerprint density at radius 1 is 1.10 bits per heavy atom. The Bertz CT molecular complexity index is 1260.